The molecule has 1 fully saturated rings. The van der Waals surface area contributed by atoms with Crippen molar-refractivity contribution < 1.29 is 4.74 Å². The third-order valence-corrected chi connectivity index (χ3v) is 4.35. The van der Waals surface area contributed by atoms with Gasteiger partial charge in [-0.05, 0) is 42.3 Å². The predicted molar refractivity (Wildman–Crippen MR) is 74.5 cm³/mol. The average Bonchev–Trinajstić information content (AvgIpc) is 2.96. The molecule has 2 aromatic heterocycles. The summed E-state index contributed by atoms with van der Waals surface area (Å²) in [6.07, 6.45) is 3.64. The van der Waals surface area contributed by atoms with Gasteiger partial charge in [0.25, 0.3) is 0 Å². The Balaban J connectivity index is 1.92. The minimum absolute atomic E-state index is 0.257. The predicted octanol–water partition coefficient (Wildman–Crippen LogP) is 3.32. The lowest BCUT2D eigenvalue weighted by atomic mass is 10.2. The molecule has 0 aliphatic heterocycles. The Labute approximate surface area is 114 Å². The van der Waals surface area contributed by atoms with Crippen molar-refractivity contribution in [3.05, 3.63) is 16.7 Å². The summed E-state index contributed by atoms with van der Waals surface area (Å²) in [6, 6.07) is 2.33. The summed E-state index contributed by atoms with van der Waals surface area (Å²) in [4.78, 5) is 9.43. The van der Waals surface area contributed by atoms with E-state index < -0.39 is 0 Å². The lowest BCUT2D eigenvalue weighted by Gasteiger charge is -2.20. The smallest absolute Gasteiger partial charge is 0.225 e. The lowest BCUT2D eigenvalue weighted by Crippen LogP contribution is -2.30. The molecule has 2 heterocycles. The largest absolute Gasteiger partial charge is 0.379 e. The van der Waals surface area contributed by atoms with Crippen LogP contribution >= 0.6 is 22.9 Å². The molecule has 0 radical (unpaired) electrons. The first kappa shape index (κ1) is 12.1. The molecule has 2 unspecified atom stereocenters. The summed E-state index contributed by atoms with van der Waals surface area (Å²) in [6.45, 7) is 0. The highest BCUT2D eigenvalue weighted by atomic mass is 35.5. The molecule has 1 aliphatic rings. The lowest BCUT2D eigenvalue weighted by molar-refractivity contribution is 0.101. The Hall–Kier alpha value is -0.910. The van der Waals surface area contributed by atoms with Gasteiger partial charge in [0.15, 0.2) is 0 Å². The number of thiophene rings is 1. The number of nitrogens with zero attached hydrogens (tertiary/aromatic N) is 2. The number of hydrogen-bond acceptors (Lipinski definition) is 5. The number of nitrogens with one attached hydrogen (secondary N) is 1. The van der Waals surface area contributed by atoms with Gasteiger partial charge in [0.05, 0.1) is 17.5 Å². The van der Waals surface area contributed by atoms with Crippen LogP contribution in [-0.2, 0) is 4.74 Å². The maximum atomic E-state index is 5.95. The summed E-state index contributed by atoms with van der Waals surface area (Å²) in [5, 5.41) is 6.79. The average molecular weight is 284 g/mol. The van der Waals surface area contributed by atoms with E-state index in [0.29, 0.717) is 11.3 Å². The maximum absolute atomic E-state index is 5.95. The van der Waals surface area contributed by atoms with Crippen LogP contribution in [0.4, 0.5) is 5.82 Å². The molecule has 1 saturated carbocycles. The van der Waals surface area contributed by atoms with Gasteiger partial charge < -0.3 is 10.1 Å². The van der Waals surface area contributed by atoms with Crippen LogP contribution in [0.1, 0.15) is 19.3 Å². The van der Waals surface area contributed by atoms with Crippen LogP contribution in [0.5, 0.6) is 0 Å². The zero-order chi connectivity index (χ0) is 12.5. The fraction of sp³-hybridized carbons (Fsp3) is 0.500. The second-order valence-electron chi connectivity index (χ2n) is 4.44. The first-order valence-corrected chi connectivity index (χ1v) is 7.24. The Morgan fingerprint density at radius 3 is 3.17 bits per heavy atom. The standard InChI is InChI=1S/C12H14ClN3OS/c1-17-9-4-2-3-8(9)14-10-7-5-6-18-11(7)16-12(13)15-10/h5-6,8-9H,2-4H2,1H3,(H,14,15,16). The second-order valence-corrected chi connectivity index (χ2v) is 5.67. The van der Waals surface area contributed by atoms with E-state index in [4.69, 9.17) is 16.3 Å². The van der Waals surface area contributed by atoms with Crippen LogP contribution in [-0.4, -0.2) is 29.2 Å². The molecule has 0 saturated heterocycles. The van der Waals surface area contributed by atoms with Gasteiger partial charge in [-0.1, -0.05) is 0 Å². The zero-order valence-electron chi connectivity index (χ0n) is 10.0. The third-order valence-electron chi connectivity index (χ3n) is 3.38. The van der Waals surface area contributed by atoms with Gasteiger partial charge in [-0.25, -0.2) is 9.97 Å². The molecule has 96 valence electrons. The van der Waals surface area contributed by atoms with Crippen molar-refractivity contribution in [1.29, 1.82) is 0 Å². The van der Waals surface area contributed by atoms with Crippen LogP contribution in [0.15, 0.2) is 11.4 Å². The summed E-state index contributed by atoms with van der Waals surface area (Å²) in [5.74, 6) is 0.820. The maximum Gasteiger partial charge on any atom is 0.225 e. The molecule has 0 amide bonds. The van der Waals surface area contributed by atoms with Gasteiger partial charge in [0.1, 0.15) is 10.6 Å². The van der Waals surface area contributed by atoms with Crippen molar-refractivity contribution in [1.82, 2.24) is 9.97 Å². The fourth-order valence-corrected chi connectivity index (χ4v) is 3.47. The van der Waals surface area contributed by atoms with Crippen molar-refractivity contribution in [3.63, 3.8) is 0 Å². The van der Waals surface area contributed by atoms with Crippen molar-refractivity contribution >= 4 is 39.0 Å². The summed E-state index contributed by atoms with van der Waals surface area (Å²) < 4.78 is 5.48. The molecule has 4 nitrogen and oxygen atoms in total. The van der Waals surface area contributed by atoms with E-state index in [0.717, 1.165) is 28.9 Å². The number of ether oxygens (including phenoxy) is 1. The first-order chi connectivity index (χ1) is 8.78. The quantitative estimate of drug-likeness (QED) is 0.878. The Kier molecular flexibility index (Phi) is 3.37. The Morgan fingerprint density at radius 2 is 2.33 bits per heavy atom. The number of aromatic nitrogens is 2. The molecule has 0 bridgehead atoms. The van der Waals surface area contributed by atoms with Gasteiger partial charge in [0, 0.05) is 7.11 Å². The van der Waals surface area contributed by atoms with E-state index in [9.17, 15) is 0 Å². The molecule has 1 aliphatic carbocycles. The van der Waals surface area contributed by atoms with Crippen molar-refractivity contribution in [2.24, 2.45) is 0 Å². The van der Waals surface area contributed by atoms with Crippen LogP contribution in [0.2, 0.25) is 5.28 Å². The van der Waals surface area contributed by atoms with Gasteiger partial charge in [-0.3, -0.25) is 0 Å². The molecule has 3 rings (SSSR count). The molecule has 18 heavy (non-hydrogen) atoms. The van der Waals surface area contributed by atoms with Crippen molar-refractivity contribution in [3.8, 4) is 0 Å². The highest BCUT2D eigenvalue weighted by molar-refractivity contribution is 7.16. The second kappa shape index (κ2) is 4.99. The van der Waals surface area contributed by atoms with E-state index in [1.165, 1.54) is 6.42 Å². The Morgan fingerprint density at radius 1 is 1.44 bits per heavy atom. The summed E-state index contributed by atoms with van der Waals surface area (Å²) >= 11 is 7.52. The molecule has 6 heteroatoms. The topological polar surface area (TPSA) is 47.0 Å². The van der Waals surface area contributed by atoms with E-state index >= 15 is 0 Å². The SMILES string of the molecule is COC1CCCC1Nc1nc(Cl)nc2sccc12. The highest BCUT2D eigenvalue weighted by Crippen LogP contribution is 2.30. The van der Waals surface area contributed by atoms with Gasteiger partial charge in [-0.2, -0.15) is 0 Å². The van der Waals surface area contributed by atoms with Crippen LogP contribution in [0, 0.1) is 0 Å². The molecule has 0 aromatic carbocycles. The van der Waals surface area contributed by atoms with E-state index in [1.807, 2.05) is 11.4 Å². The Bertz CT molecular complexity index is 559. The van der Waals surface area contributed by atoms with Gasteiger partial charge in [0.2, 0.25) is 5.28 Å². The van der Waals surface area contributed by atoms with Crippen LogP contribution < -0.4 is 5.32 Å². The molecule has 2 atom stereocenters. The molecule has 1 N–H and O–H groups in total. The number of hydrogen-bond donors (Lipinski definition) is 1. The zero-order valence-corrected chi connectivity index (χ0v) is 11.6. The minimum atomic E-state index is 0.257. The first-order valence-electron chi connectivity index (χ1n) is 5.98. The van der Waals surface area contributed by atoms with Gasteiger partial charge in [-0.15, -0.1) is 11.3 Å². The van der Waals surface area contributed by atoms with E-state index in [1.54, 1.807) is 18.4 Å². The normalized spacial score (nSPS) is 23.7. The van der Waals surface area contributed by atoms with Gasteiger partial charge >= 0.3 is 0 Å². The summed E-state index contributed by atoms with van der Waals surface area (Å²) in [5.41, 5.74) is 0. The van der Waals surface area contributed by atoms with Crippen molar-refractivity contribution in [2.75, 3.05) is 12.4 Å². The number of rotatable bonds is 3. The number of fused-ring (bicyclic) bond motifs is 1. The summed E-state index contributed by atoms with van der Waals surface area (Å²) in [7, 11) is 1.76. The third kappa shape index (κ3) is 2.18. The number of halogens is 1. The van der Waals surface area contributed by atoms with Crippen LogP contribution in [0.25, 0.3) is 10.2 Å². The monoisotopic (exact) mass is 283 g/mol. The highest BCUT2D eigenvalue weighted by Gasteiger charge is 2.27. The molecular weight excluding hydrogens is 270 g/mol. The van der Waals surface area contributed by atoms with Crippen molar-refractivity contribution in [2.45, 2.75) is 31.4 Å². The molecule has 0 spiro atoms. The fourth-order valence-electron chi connectivity index (χ4n) is 2.49. The molecule has 2 aromatic rings. The number of anilines is 1. The van der Waals surface area contributed by atoms with Crippen LogP contribution in [0.3, 0.4) is 0 Å². The van der Waals surface area contributed by atoms with E-state index in [-0.39, 0.29) is 6.10 Å². The minimum Gasteiger partial charge on any atom is -0.379 e. The molecular formula is C12H14ClN3OS. The van der Waals surface area contributed by atoms with E-state index in [2.05, 4.69) is 15.3 Å². The number of methoxy groups -OCH3 is 1.